The van der Waals surface area contributed by atoms with Crippen LogP contribution in [0.1, 0.15) is 160 Å². The van der Waals surface area contributed by atoms with Crippen molar-refractivity contribution >= 4 is 58.5 Å². The molecule has 1 aliphatic heterocycles. The predicted octanol–water partition coefficient (Wildman–Crippen LogP) is 6.15. The molecule has 392 valence electrons. The Hall–Kier alpha value is -4.98. The van der Waals surface area contributed by atoms with Crippen LogP contribution in [0.15, 0.2) is 29.6 Å². The molecule has 1 saturated heterocycles. The number of rotatable bonds is 31. The molecular formula is C51H82N8O10S. The number of carboxylic acid groups (broad SMARTS) is 2. The number of aliphatic carboxylic acids is 2. The van der Waals surface area contributed by atoms with Gasteiger partial charge in [0.25, 0.3) is 5.91 Å². The highest BCUT2D eigenvalue weighted by Gasteiger charge is 2.39. The maximum Gasteiger partial charge on any atom is 0.309 e. The van der Waals surface area contributed by atoms with Crippen LogP contribution in [0.2, 0.25) is 0 Å². The number of piperidine rings is 1. The Morgan fingerprint density at radius 1 is 0.986 bits per heavy atom. The van der Waals surface area contributed by atoms with E-state index in [4.69, 9.17) is 20.6 Å². The summed E-state index contributed by atoms with van der Waals surface area (Å²) in [6, 6.07) is 3.82. The summed E-state index contributed by atoms with van der Waals surface area (Å²) in [5, 5.41) is 32.4. The summed E-state index contributed by atoms with van der Waals surface area (Å²) >= 11 is 1.29. The first-order chi connectivity index (χ1) is 33.1. The number of aromatic nitrogens is 1. The molecule has 3 rings (SSSR count). The summed E-state index contributed by atoms with van der Waals surface area (Å²) in [7, 11) is 1.97. The molecule has 2 heterocycles. The third-order valence-corrected chi connectivity index (χ3v) is 14.2. The van der Waals surface area contributed by atoms with Crippen molar-refractivity contribution < 1.29 is 48.5 Å². The maximum atomic E-state index is 15.0. The van der Waals surface area contributed by atoms with E-state index in [0.29, 0.717) is 36.7 Å². The number of nitrogens with zero attached hydrogens (tertiary/aromatic N) is 3. The highest BCUT2D eigenvalue weighted by atomic mass is 32.1. The summed E-state index contributed by atoms with van der Waals surface area (Å²) in [4.78, 5) is 99.4. The zero-order valence-corrected chi connectivity index (χ0v) is 43.8. The van der Waals surface area contributed by atoms with Crippen LogP contribution in [-0.4, -0.2) is 130 Å². The number of carbonyl (C=O) groups excluding carboxylic acids is 5. The van der Waals surface area contributed by atoms with E-state index >= 15 is 0 Å². The van der Waals surface area contributed by atoms with Gasteiger partial charge in [0.15, 0.2) is 0 Å². The molecule has 18 nitrogen and oxygen atoms in total. The van der Waals surface area contributed by atoms with Crippen LogP contribution < -0.4 is 27.0 Å². The van der Waals surface area contributed by atoms with E-state index < -0.39 is 59.3 Å². The Bertz CT molecular complexity index is 2010. The molecule has 7 atom stereocenters. The quantitative estimate of drug-likeness (QED) is 0.0419. The van der Waals surface area contributed by atoms with E-state index in [1.807, 2.05) is 32.7 Å². The fraction of sp³-hybridized carbons (Fsp3) is 0.686. The Kier molecular flexibility index (Phi) is 24.9. The summed E-state index contributed by atoms with van der Waals surface area (Å²) in [6.45, 7) is 16.8. The molecule has 1 aromatic carbocycles. The third-order valence-electron chi connectivity index (χ3n) is 13.2. The third kappa shape index (κ3) is 19.0. The molecule has 0 aliphatic carbocycles. The molecule has 1 aromatic heterocycles. The summed E-state index contributed by atoms with van der Waals surface area (Å²) in [5.41, 5.74) is 5.85. The Morgan fingerprint density at radius 2 is 1.69 bits per heavy atom. The number of hydrogen-bond donors (Lipinski definition) is 7. The number of carboxylic acids is 2. The minimum absolute atomic E-state index is 0.0116. The number of thiazole rings is 1. The van der Waals surface area contributed by atoms with Crippen molar-refractivity contribution in [2.45, 2.75) is 175 Å². The highest BCUT2D eigenvalue weighted by molar-refractivity contribution is 7.09. The first-order valence-corrected chi connectivity index (χ1v) is 26.1. The van der Waals surface area contributed by atoms with Gasteiger partial charge in [0.05, 0.1) is 24.0 Å². The Balaban J connectivity index is 1.83. The Morgan fingerprint density at radius 3 is 2.29 bits per heavy atom. The monoisotopic (exact) mass is 999 g/mol. The minimum Gasteiger partial charge on any atom is -0.481 e. The van der Waals surface area contributed by atoms with Gasteiger partial charge in [-0.2, -0.15) is 0 Å². The molecule has 19 heteroatoms. The van der Waals surface area contributed by atoms with Crippen molar-refractivity contribution in [3.05, 3.63) is 45.9 Å². The van der Waals surface area contributed by atoms with Crippen molar-refractivity contribution in [1.29, 1.82) is 0 Å². The number of likely N-dealkylation sites (tertiary alicyclic amines) is 1. The number of hydrogen-bond acceptors (Lipinski definition) is 12. The average molecular weight is 999 g/mol. The fourth-order valence-corrected chi connectivity index (χ4v) is 9.54. The SMILES string of the molecule is CCCCCCN(C(=O)C(NC(=O)[C@H]1CCCCN1C)C(C)CC)C(CC(OCC)c1nc(C(=O)NC(Cc2ccc(NC(=O)CNC(=O)C(N)CCC(=O)O)cc2)CC(C)(C)C(=O)O)cs1)C(C)C. The van der Waals surface area contributed by atoms with Gasteiger partial charge in [-0.15, -0.1) is 11.3 Å². The summed E-state index contributed by atoms with van der Waals surface area (Å²) in [6.07, 6.45) is 7.19. The van der Waals surface area contributed by atoms with E-state index in [1.54, 1.807) is 43.5 Å². The number of ether oxygens (including phenoxy) is 1. The smallest absolute Gasteiger partial charge is 0.309 e. The number of unbranched alkanes of at least 4 members (excludes halogenated alkanes) is 3. The number of carbonyl (C=O) groups is 7. The molecule has 0 radical (unpaired) electrons. The van der Waals surface area contributed by atoms with Gasteiger partial charge >= 0.3 is 11.9 Å². The molecule has 70 heavy (non-hydrogen) atoms. The molecular weight excluding hydrogens is 917 g/mol. The second kappa shape index (κ2) is 29.4. The number of amides is 5. The topological polar surface area (TPSA) is 263 Å². The van der Waals surface area contributed by atoms with Crippen molar-refractivity contribution in [1.82, 2.24) is 30.7 Å². The van der Waals surface area contributed by atoms with Crippen LogP contribution in [0.4, 0.5) is 5.69 Å². The molecule has 0 bridgehead atoms. The molecule has 8 N–H and O–H groups in total. The zero-order valence-electron chi connectivity index (χ0n) is 43.0. The van der Waals surface area contributed by atoms with E-state index in [-0.39, 0.29) is 73.7 Å². The lowest BCUT2D eigenvalue weighted by molar-refractivity contribution is -0.147. The van der Waals surface area contributed by atoms with Crippen molar-refractivity contribution in [2.24, 2.45) is 23.0 Å². The number of nitrogens with two attached hydrogens (primary N) is 1. The van der Waals surface area contributed by atoms with Crippen LogP contribution in [0.5, 0.6) is 0 Å². The van der Waals surface area contributed by atoms with Crippen LogP contribution in [0.25, 0.3) is 0 Å². The summed E-state index contributed by atoms with van der Waals surface area (Å²) in [5.74, 6) is -4.06. The molecule has 5 amide bonds. The lowest BCUT2D eigenvalue weighted by Gasteiger charge is -2.40. The summed E-state index contributed by atoms with van der Waals surface area (Å²) < 4.78 is 6.37. The van der Waals surface area contributed by atoms with Crippen molar-refractivity contribution in [3.8, 4) is 0 Å². The van der Waals surface area contributed by atoms with Crippen molar-refractivity contribution in [3.63, 3.8) is 0 Å². The molecule has 1 aliphatic rings. The van der Waals surface area contributed by atoms with Gasteiger partial charge in [-0.25, -0.2) is 4.98 Å². The van der Waals surface area contributed by atoms with E-state index in [9.17, 15) is 38.7 Å². The maximum absolute atomic E-state index is 15.0. The van der Waals surface area contributed by atoms with Crippen LogP contribution >= 0.6 is 11.3 Å². The average Bonchev–Trinajstić information content (AvgIpc) is 3.81. The normalized spacial score (nSPS) is 16.8. The molecule has 0 saturated carbocycles. The van der Waals surface area contributed by atoms with Crippen molar-refractivity contribution in [2.75, 3.05) is 38.6 Å². The molecule has 2 aromatic rings. The lowest BCUT2D eigenvalue weighted by Crippen LogP contribution is -2.59. The standard InChI is InChI=1S/C51H82N8O10S/c1-10-13-14-16-26-59(49(66)44(33(6)11-2)57-47(65)39-18-15-17-25-58(39)9)40(32(4)5)28-41(69-12-3)48-56-38(31-70-48)46(64)55-36(29-51(7,8)50(67)68)27-34-19-21-35(22-20-34)54-42(60)30-53-45(63)37(52)23-24-43(61)62/h19-22,31-33,36-37,39-41,44H,10-18,23-30,52H2,1-9H3,(H,53,63)(H,54,60)(H,55,64)(H,57,65)(H,61,62)(H,67,68)/t33?,36?,37?,39-,40?,41?,44?/m1/s1. The number of nitrogens with one attached hydrogen (secondary N) is 4. The second-order valence-electron chi connectivity index (χ2n) is 19.8. The Labute approximate surface area is 419 Å². The van der Waals surface area contributed by atoms with E-state index in [1.165, 1.54) is 11.3 Å². The van der Waals surface area contributed by atoms with E-state index in [0.717, 1.165) is 57.1 Å². The van der Waals surface area contributed by atoms with Crippen LogP contribution in [-0.2, 0) is 39.9 Å². The first-order valence-electron chi connectivity index (χ1n) is 25.2. The molecule has 0 spiro atoms. The van der Waals surface area contributed by atoms with Crippen LogP contribution in [0.3, 0.4) is 0 Å². The van der Waals surface area contributed by atoms with Gasteiger partial charge in [-0.3, -0.25) is 38.5 Å². The largest absolute Gasteiger partial charge is 0.481 e. The lowest BCUT2D eigenvalue weighted by atomic mass is 9.84. The van der Waals surface area contributed by atoms with Gasteiger partial charge in [0.2, 0.25) is 23.6 Å². The molecule has 6 unspecified atom stereocenters. The van der Waals surface area contributed by atoms with Gasteiger partial charge in [0, 0.05) is 49.1 Å². The van der Waals surface area contributed by atoms with Gasteiger partial charge in [-0.05, 0) is 102 Å². The highest BCUT2D eigenvalue weighted by Crippen LogP contribution is 2.32. The predicted molar refractivity (Wildman–Crippen MR) is 271 cm³/mol. The first kappa shape index (κ1) is 59.3. The molecule has 1 fully saturated rings. The van der Waals surface area contributed by atoms with Gasteiger partial charge < -0.3 is 46.9 Å². The zero-order chi connectivity index (χ0) is 52.1. The van der Waals surface area contributed by atoms with E-state index in [2.05, 4.69) is 46.9 Å². The number of likely N-dealkylation sites (N-methyl/N-ethyl adjacent to an activating group) is 1. The fourth-order valence-electron chi connectivity index (χ4n) is 8.68. The van der Waals surface area contributed by atoms with Crippen LogP contribution in [0, 0.1) is 17.3 Å². The van der Waals surface area contributed by atoms with Gasteiger partial charge in [-0.1, -0.05) is 78.9 Å². The number of anilines is 1. The minimum atomic E-state index is -1.20. The second-order valence-corrected chi connectivity index (χ2v) is 20.7. The number of benzene rings is 1. The van der Waals surface area contributed by atoms with Gasteiger partial charge in [0.1, 0.15) is 22.8 Å².